The largest absolute Gasteiger partial charge is 0.449 e. The fourth-order valence-electron chi connectivity index (χ4n) is 6.62. The van der Waals surface area contributed by atoms with Crippen LogP contribution in [0.4, 0.5) is 9.59 Å². The molecule has 2 aliphatic carbocycles. The Hall–Kier alpha value is -1.84. The first-order chi connectivity index (χ1) is 16.6. The molecule has 3 heterocycles. The first-order valence-electron chi connectivity index (χ1n) is 12.9. The number of methoxy groups -OCH3 is 1. The monoisotopic (exact) mass is 492 g/mol. The quantitative estimate of drug-likeness (QED) is 0.398. The smallest absolute Gasteiger partial charge is 0.410 e. The summed E-state index contributed by atoms with van der Waals surface area (Å²) in [6.07, 6.45) is 3.58. The van der Waals surface area contributed by atoms with E-state index >= 15 is 0 Å². The van der Waals surface area contributed by atoms with Crippen LogP contribution < -0.4 is 0 Å². The number of rotatable bonds is 7. The third-order valence-electron chi connectivity index (χ3n) is 8.88. The lowest BCUT2D eigenvalue weighted by Gasteiger charge is -2.43. The van der Waals surface area contributed by atoms with Crippen LogP contribution in [0.1, 0.15) is 40.0 Å². The van der Waals surface area contributed by atoms with Crippen molar-refractivity contribution in [2.45, 2.75) is 69.5 Å². The van der Waals surface area contributed by atoms with Crippen LogP contribution in [-0.4, -0.2) is 99.0 Å². The summed E-state index contributed by atoms with van der Waals surface area (Å²) in [5, 5.41) is 0. The summed E-state index contributed by atoms with van der Waals surface area (Å²) in [4.78, 5) is 28.0. The van der Waals surface area contributed by atoms with Gasteiger partial charge in [-0.15, -0.1) is 0 Å². The number of allylic oxidation sites excluding steroid dienone is 1. The molecule has 196 valence electrons. The van der Waals surface area contributed by atoms with E-state index in [4.69, 9.17) is 23.7 Å². The molecule has 0 aromatic carbocycles. The van der Waals surface area contributed by atoms with E-state index in [-0.39, 0.29) is 47.6 Å². The third-order valence-corrected chi connectivity index (χ3v) is 8.88. The van der Waals surface area contributed by atoms with Crippen LogP contribution >= 0.6 is 0 Å². The van der Waals surface area contributed by atoms with Gasteiger partial charge in [-0.25, -0.2) is 9.59 Å². The van der Waals surface area contributed by atoms with Gasteiger partial charge in [-0.2, -0.15) is 0 Å². The lowest BCUT2D eigenvalue weighted by molar-refractivity contribution is -0.121. The number of carbonyl (C=O) groups excluding carboxylic acids is 2. The second-order valence-corrected chi connectivity index (χ2v) is 11.7. The van der Waals surface area contributed by atoms with Gasteiger partial charge in [-0.05, 0) is 51.9 Å². The number of epoxide rings is 2. The van der Waals surface area contributed by atoms with Crippen LogP contribution in [0.5, 0.6) is 0 Å². The molecule has 0 aromatic rings. The van der Waals surface area contributed by atoms with Crippen LogP contribution in [0.15, 0.2) is 11.6 Å². The highest BCUT2D eigenvalue weighted by atomic mass is 16.6. The van der Waals surface area contributed by atoms with Gasteiger partial charge in [-0.1, -0.05) is 11.6 Å². The van der Waals surface area contributed by atoms with Crippen LogP contribution in [0.3, 0.4) is 0 Å². The molecule has 9 nitrogen and oxygen atoms in total. The number of likely N-dealkylation sites (tertiary alicyclic amines) is 1. The second-order valence-electron chi connectivity index (χ2n) is 11.7. The third kappa shape index (κ3) is 4.55. The Kier molecular flexibility index (Phi) is 6.33. The molecule has 5 rings (SSSR count). The van der Waals surface area contributed by atoms with Crippen molar-refractivity contribution in [3.63, 3.8) is 0 Å². The maximum absolute atomic E-state index is 13.1. The zero-order valence-corrected chi connectivity index (χ0v) is 21.8. The number of nitrogens with zero attached hydrogens (tertiary/aromatic N) is 2. The van der Waals surface area contributed by atoms with E-state index in [1.807, 2.05) is 0 Å². The van der Waals surface area contributed by atoms with Gasteiger partial charge in [0.15, 0.2) is 0 Å². The highest BCUT2D eigenvalue weighted by Gasteiger charge is 2.72. The maximum Gasteiger partial charge on any atom is 0.410 e. The first-order valence-corrected chi connectivity index (χ1v) is 12.9. The van der Waals surface area contributed by atoms with Crippen molar-refractivity contribution in [3.05, 3.63) is 11.6 Å². The normalized spacial score (nSPS) is 42.8. The topological polar surface area (TPSA) is 93.4 Å². The Morgan fingerprint density at radius 1 is 1.20 bits per heavy atom. The van der Waals surface area contributed by atoms with Crippen LogP contribution in [-0.2, 0) is 23.7 Å². The highest BCUT2D eigenvalue weighted by Crippen LogP contribution is 2.60. The number of hydrogen-bond acceptors (Lipinski definition) is 7. The van der Waals surface area contributed by atoms with Crippen molar-refractivity contribution < 1.29 is 33.3 Å². The number of carbonyl (C=O) groups is 2. The Morgan fingerprint density at radius 3 is 2.46 bits per heavy atom. The number of fused-ring (bicyclic) bond motifs is 1. The minimum atomic E-state index is -0.347. The van der Waals surface area contributed by atoms with E-state index in [0.717, 1.165) is 19.3 Å². The fourth-order valence-corrected chi connectivity index (χ4v) is 6.62. The molecule has 2 amide bonds. The average Bonchev–Trinajstić information content (AvgIpc) is 3.77. The van der Waals surface area contributed by atoms with Crippen LogP contribution in [0.25, 0.3) is 0 Å². The van der Waals surface area contributed by atoms with Crippen LogP contribution in [0, 0.1) is 23.7 Å². The van der Waals surface area contributed by atoms with E-state index in [2.05, 4.69) is 26.8 Å². The van der Waals surface area contributed by atoms with Crippen molar-refractivity contribution in [2.75, 3.05) is 47.5 Å². The van der Waals surface area contributed by atoms with Gasteiger partial charge in [0, 0.05) is 40.2 Å². The molecule has 9 atom stereocenters. The zero-order valence-electron chi connectivity index (χ0n) is 21.8. The summed E-state index contributed by atoms with van der Waals surface area (Å²) >= 11 is 0. The lowest BCUT2D eigenvalue weighted by Crippen LogP contribution is -2.56. The second kappa shape index (κ2) is 8.92. The Morgan fingerprint density at radius 2 is 1.89 bits per heavy atom. The Labute approximate surface area is 208 Å². The van der Waals surface area contributed by atoms with Crippen molar-refractivity contribution in [3.8, 4) is 0 Å². The molecule has 3 aliphatic heterocycles. The van der Waals surface area contributed by atoms with Gasteiger partial charge >= 0.3 is 12.2 Å². The fraction of sp³-hybridized carbons (Fsp3) is 0.846. The van der Waals surface area contributed by atoms with Crippen molar-refractivity contribution in [1.29, 1.82) is 0 Å². The summed E-state index contributed by atoms with van der Waals surface area (Å²) in [6.45, 7) is 8.78. The molecular weight excluding hydrogens is 452 g/mol. The van der Waals surface area contributed by atoms with Gasteiger partial charge < -0.3 is 33.5 Å². The minimum Gasteiger partial charge on any atom is -0.449 e. The number of amides is 2. The van der Waals surface area contributed by atoms with E-state index in [0.29, 0.717) is 44.1 Å². The molecule has 0 bridgehead atoms. The summed E-state index contributed by atoms with van der Waals surface area (Å²) in [7, 11) is 5.04. The number of piperidine rings is 1. The Balaban J connectivity index is 1.17. The van der Waals surface area contributed by atoms with E-state index in [1.165, 1.54) is 10.5 Å². The predicted molar refractivity (Wildman–Crippen MR) is 127 cm³/mol. The minimum absolute atomic E-state index is 0.0184. The molecule has 35 heavy (non-hydrogen) atoms. The molecule has 3 saturated heterocycles. The summed E-state index contributed by atoms with van der Waals surface area (Å²) < 4.78 is 29.6. The molecule has 0 radical (unpaired) electrons. The molecule has 2 saturated carbocycles. The molecule has 0 N–H and O–H groups in total. The molecule has 0 aromatic heterocycles. The van der Waals surface area contributed by atoms with E-state index in [9.17, 15) is 9.59 Å². The molecule has 5 fully saturated rings. The van der Waals surface area contributed by atoms with Gasteiger partial charge in [0.25, 0.3) is 0 Å². The van der Waals surface area contributed by atoms with Crippen molar-refractivity contribution in [1.82, 2.24) is 9.80 Å². The summed E-state index contributed by atoms with van der Waals surface area (Å²) in [5.74, 6) is 1.12. The first kappa shape index (κ1) is 24.8. The summed E-state index contributed by atoms with van der Waals surface area (Å²) in [5.41, 5.74) is 0.700. The molecule has 9 heteroatoms. The Bertz CT molecular complexity index is 871. The van der Waals surface area contributed by atoms with Gasteiger partial charge in [-0.3, -0.25) is 0 Å². The van der Waals surface area contributed by atoms with E-state index in [1.54, 1.807) is 26.1 Å². The zero-order chi connectivity index (χ0) is 25.1. The number of hydrogen-bond donors (Lipinski definition) is 0. The molecular formula is C26H40N2O7. The molecule has 1 spiro atoms. The van der Waals surface area contributed by atoms with Crippen LogP contribution in [0.2, 0.25) is 0 Å². The average molecular weight is 493 g/mol. The maximum atomic E-state index is 13.1. The predicted octanol–water partition coefficient (Wildman–Crippen LogP) is 3.08. The highest BCUT2D eigenvalue weighted by molar-refractivity contribution is 5.69. The van der Waals surface area contributed by atoms with Gasteiger partial charge in [0.2, 0.25) is 0 Å². The van der Waals surface area contributed by atoms with Gasteiger partial charge in [0.05, 0.1) is 25.2 Å². The molecule has 2 unspecified atom stereocenters. The number of ether oxygens (including phenoxy) is 5. The summed E-state index contributed by atoms with van der Waals surface area (Å²) in [6, 6.07) is 0. The van der Waals surface area contributed by atoms with E-state index < -0.39 is 0 Å². The van der Waals surface area contributed by atoms with Crippen molar-refractivity contribution in [2.24, 2.45) is 23.7 Å². The van der Waals surface area contributed by atoms with Gasteiger partial charge in [0.1, 0.15) is 23.4 Å². The lowest BCUT2D eigenvalue weighted by atomic mass is 9.68. The molecule has 5 aliphatic rings. The standard InChI is InChI=1S/C26H40N2O7/c1-15(2)7-8-20-25(3,35-20)22-21(31-6)19(9-10-26(22)14-33-26)34-24(30)28-11-16-17(12-28)18(16)13-32-23(29)27(4)5/h7,16-22H,8-14H2,1-6H3/t16-,17+,18?,19-,20-,21-,22?,25+,26+/m1/s1. The van der Waals surface area contributed by atoms with Crippen molar-refractivity contribution >= 4 is 12.2 Å². The SMILES string of the molecule is CO[C@H]1C([C@@]2(C)O[C@@H]2CC=C(C)C)[C@]2(CC[C@H]1OC(=O)N1C[C@@H]3C(COC(=O)N(C)C)[C@@H]3C1)CO2.